The molecular formula is C25H26ClN5O. The number of ether oxygens (including phenoxy) is 1. The molecule has 1 fully saturated rings. The number of aryl methyl sites for hydroxylation is 1. The van der Waals surface area contributed by atoms with Gasteiger partial charge in [-0.3, -0.25) is 4.90 Å². The summed E-state index contributed by atoms with van der Waals surface area (Å²) < 4.78 is 7.81. The number of fused-ring (bicyclic) bond motifs is 1. The molecule has 5 rings (SSSR count). The number of halogens is 1. The molecule has 0 N–H and O–H groups in total. The molecule has 32 heavy (non-hydrogen) atoms. The Balaban J connectivity index is 1.52. The Morgan fingerprint density at radius 3 is 2.66 bits per heavy atom. The van der Waals surface area contributed by atoms with Crippen LogP contribution in [0.1, 0.15) is 37.3 Å². The van der Waals surface area contributed by atoms with Crippen molar-refractivity contribution in [1.29, 1.82) is 0 Å². The van der Waals surface area contributed by atoms with Crippen molar-refractivity contribution in [2.45, 2.75) is 39.2 Å². The molecule has 0 radical (unpaired) electrons. The van der Waals surface area contributed by atoms with Gasteiger partial charge in [-0.15, -0.1) is 15.3 Å². The maximum absolute atomic E-state index is 6.34. The molecule has 0 spiro atoms. The zero-order valence-electron chi connectivity index (χ0n) is 18.2. The fourth-order valence-corrected chi connectivity index (χ4v) is 4.40. The van der Waals surface area contributed by atoms with Crippen LogP contribution < -0.4 is 4.74 Å². The fourth-order valence-electron chi connectivity index (χ4n) is 4.24. The Kier molecular flexibility index (Phi) is 6.06. The molecule has 1 aliphatic rings. The number of hydrogen-bond donors (Lipinski definition) is 0. The van der Waals surface area contributed by atoms with Gasteiger partial charge in [0.15, 0.2) is 5.65 Å². The van der Waals surface area contributed by atoms with Gasteiger partial charge in [-0.2, -0.15) is 4.52 Å². The highest BCUT2D eigenvalue weighted by atomic mass is 35.5. The van der Waals surface area contributed by atoms with Crippen LogP contribution in [0.3, 0.4) is 0 Å². The summed E-state index contributed by atoms with van der Waals surface area (Å²) in [6.45, 7) is 5.40. The predicted octanol–water partition coefficient (Wildman–Crippen LogP) is 5.79. The van der Waals surface area contributed by atoms with Gasteiger partial charge in [0.1, 0.15) is 5.75 Å². The zero-order chi connectivity index (χ0) is 21.9. The first-order chi connectivity index (χ1) is 15.7. The summed E-state index contributed by atoms with van der Waals surface area (Å²) in [6, 6.07) is 18.7. The van der Waals surface area contributed by atoms with Gasteiger partial charge >= 0.3 is 0 Å². The minimum Gasteiger partial charge on any atom is -0.437 e. The smallest absolute Gasteiger partial charge is 0.246 e. The molecule has 4 aromatic rings. The van der Waals surface area contributed by atoms with E-state index in [0.717, 1.165) is 42.9 Å². The van der Waals surface area contributed by atoms with Crippen molar-refractivity contribution in [2.24, 2.45) is 0 Å². The molecule has 164 valence electrons. The van der Waals surface area contributed by atoms with Crippen LogP contribution in [0.2, 0.25) is 5.28 Å². The van der Waals surface area contributed by atoms with Gasteiger partial charge in [-0.05, 0) is 72.8 Å². The molecule has 3 heterocycles. The van der Waals surface area contributed by atoms with Gasteiger partial charge in [0.25, 0.3) is 0 Å². The first-order valence-corrected chi connectivity index (χ1v) is 11.6. The predicted molar refractivity (Wildman–Crippen MR) is 126 cm³/mol. The lowest BCUT2D eigenvalue weighted by Gasteiger charge is -2.26. The van der Waals surface area contributed by atoms with Gasteiger partial charge in [0, 0.05) is 18.2 Å². The van der Waals surface area contributed by atoms with Gasteiger partial charge < -0.3 is 4.74 Å². The van der Waals surface area contributed by atoms with Crippen LogP contribution in [-0.2, 0) is 13.0 Å². The summed E-state index contributed by atoms with van der Waals surface area (Å²) in [5, 5.41) is 12.5. The number of aromatic nitrogens is 4. The van der Waals surface area contributed by atoms with Crippen LogP contribution in [0.5, 0.6) is 11.6 Å². The van der Waals surface area contributed by atoms with Crippen molar-refractivity contribution >= 4 is 17.2 Å². The van der Waals surface area contributed by atoms with E-state index in [1.54, 1.807) is 12.1 Å². The third-order valence-corrected chi connectivity index (χ3v) is 6.20. The number of rotatable bonds is 6. The Bertz CT molecular complexity index is 1230. The van der Waals surface area contributed by atoms with Crippen LogP contribution in [0, 0.1) is 0 Å². The van der Waals surface area contributed by atoms with E-state index in [4.69, 9.17) is 16.3 Å². The van der Waals surface area contributed by atoms with E-state index < -0.39 is 0 Å². The van der Waals surface area contributed by atoms with E-state index >= 15 is 0 Å². The van der Waals surface area contributed by atoms with E-state index in [9.17, 15) is 0 Å². The van der Waals surface area contributed by atoms with E-state index in [2.05, 4.69) is 69.6 Å². The summed E-state index contributed by atoms with van der Waals surface area (Å²) in [7, 11) is 0. The Morgan fingerprint density at radius 1 is 0.938 bits per heavy atom. The monoisotopic (exact) mass is 447 g/mol. The van der Waals surface area contributed by atoms with Crippen molar-refractivity contribution in [3.8, 4) is 22.8 Å². The number of nitrogens with zero attached hydrogens (tertiary/aromatic N) is 5. The van der Waals surface area contributed by atoms with Crippen LogP contribution in [0.25, 0.3) is 16.8 Å². The molecule has 0 amide bonds. The third-order valence-electron chi connectivity index (χ3n) is 5.96. The van der Waals surface area contributed by atoms with E-state index in [0.29, 0.717) is 11.5 Å². The quantitative estimate of drug-likeness (QED) is 0.374. The molecule has 2 aromatic heterocycles. The minimum atomic E-state index is 0.208. The summed E-state index contributed by atoms with van der Waals surface area (Å²) in [5.74, 6) is 1.23. The molecule has 2 aromatic carbocycles. The number of piperidine rings is 1. The second-order valence-electron chi connectivity index (χ2n) is 8.23. The highest BCUT2D eigenvalue weighted by molar-refractivity contribution is 6.28. The van der Waals surface area contributed by atoms with Crippen molar-refractivity contribution in [3.05, 3.63) is 71.0 Å². The number of likely N-dealkylation sites (tertiary alicyclic amines) is 1. The molecule has 1 saturated heterocycles. The SMILES string of the molecule is CCc1cccc(-c2ccc(CN3CCCCC3)cc2Oc2ccc3nnc(Cl)n3n2)c1. The van der Waals surface area contributed by atoms with Gasteiger partial charge in [0.2, 0.25) is 11.2 Å². The average Bonchev–Trinajstić information content (AvgIpc) is 3.20. The third kappa shape index (κ3) is 4.47. The molecule has 0 bridgehead atoms. The molecule has 0 aliphatic carbocycles. The van der Waals surface area contributed by atoms with Gasteiger partial charge in [-0.1, -0.05) is 49.7 Å². The van der Waals surface area contributed by atoms with Crippen molar-refractivity contribution < 1.29 is 4.74 Å². The maximum atomic E-state index is 6.34. The van der Waals surface area contributed by atoms with Crippen molar-refractivity contribution in [3.63, 3.8) is 0 Å². The number of benzene rings is 2. The molecule has 0 atom stereocenters. The summed E-state index contributed by atoms with van der Waals surface area (Å²) in [5.41, 5.74) is 5.28. The maximum Gasteiger partial charge on any atom is 0.246 e. The normalized spacial score (nSPS) is 14.7. The Morgan fingerprint density at radius 2 is 1.81 bits per heavy atom. The first kappa shape index (κ1) is 20.9. The molecule has 1 aliphatic heterocycles. The van der Waals surface area contributed by atoms with E-state index in [1.807, 2.05) is 0 Å². The topological polar surface area (TPSA) is 55.5 Å². The summed E-state index contributed by atoms with van der Waals surface area (Å²) >= 11 is 6.11. The molecule has 7 heteroatoms. The van der Waals surface area contributed by atoms with Crippen LogP contribution in [0.4, 0.5) is 0 Å². The summed E-state index contributed by atoms with van der Waals surface area (Å²) in [4.78, 5) is 2.52. The lowest BCUT2D eigenvalue weighted by Crippen LogP contribution is -2.29. The molecule has 6 nitrogen and oxygen atoms in total. The standard InChI is InChI=1S/C25H26ClN5O/c1-2-18-7-6-8-20(15-18)21-10-9-19(17-30-13-4-3-5-14-30)16-22(21)32-24-12-11-23-27-28-25(26)31(23)29-24/h6-12,15-16H,2-5,13-14,17H2,1H3. The molecule has 0 saturated carbocycles. The fraction of sp³-hybridized carbons (Fsp3) is 0.320. The molecular weight excluding hydrogens is 422 g/mol. The highest BCUT2D eigenvalue weighted by Crippen LogP contribution is 2.35. The van der Waals surface area contributed by atoms with Crippen molar-refractivity contribution in [1.82, 2.24) is 24.7 Å². The van der Waals surface area contributed by atoms with Crippen LogP contribution in [0.15, 0.2) is 54.6 Å². The van der Waals surface area contributed by atoms with Crippen molar-refractivity contribution in [2.75, 3.05) is 13.1 Å². The largest absolute Gasteiger partial charge is 0.437 e. The van der Waals surface area contributed by atoms with Crippen LogP contribution in [-0.4, -0.2) is 37.8 Å². The van der Waals surface area contributed by atoms with Gasteiger partial charge in [-0.25, -0.2) is 0 Å². The second kappa shape index (κ2) is 9.27. The van der Waals surface area contributed by atoms with E-state index in [-0.39, 0.29) is 5.28 Å². The summed E-state index contributed by atoms with van der Waals surface area (Å²) in [6.07, 6.45) is 4.86. The zero-order valence-corrected chi connectivity index (χ0v) is 18.9. The highest BCUT2D eigenvalue weighted by Gasteiger charge is 2.15. The van der Waals surface area contributed by atoms with E-state index in [1.165, 1.54) is 34.9 Å². The number of hydrogen-bond acceptors (Lipinski definition) is 5. The van der Waals surface area contributed by atoms with Gasteiger partial charge in [0.05, 0.1) is 0 Å². The lowest BCUT2D eigenvalue weighted by atomic mass is 9.99. The lowest BCUT2D eigenvalue weighted by molar-refractivity contribution is 0.220. The van der Waals surface area contributed by atoms with Crippen LogP contribution >= 0.6 is 11.6 Å². The Hall–Kier alpha value is -2.96. The second-order valence-corrected chi connectivity index (χ2v) is 8.57. The minimum absolute atomic E-state index is 0.208. The Labute approximate surface area is 192 Å². The average molecular weight is 448 g/mol. The molecule has 0 unspecified atom stereocenters. The first-order valence-electron chi connectivity index (χ1n) is 11.2.